The normalized spacial score (nSPS) is 17.6. The molecule has 2 amide bonds. The van der Waals surface area contributed by atoms with Crippen molar-refractivity contribution >= 4 is 35.0 Å². The van der Waals surface area contributed by atoms with Crippen molar-refractivity contribution in [3.05, 3.63) is 105 Å². The molecule has 36 heavy (non-hydrogen) atoms. The maximum atomic E-state index is 13.8. The first-order valence-corrected chi connectivity index (χ1v) is 12.7. The summed E-state index contributed by atoms with van der Waals surface area (Å²) < 4.78 is 0. The predicted molar refractivity (Wildman–Crippen MR) is 143 cm³/mol. The Morgan fingerprint density at radius 2 is 1.69 bits per heavy atom. The Labute approximate surface area is 222 Å². The molecular weight excluding hydrogens is 495 g/mol. The van der Waals surface area contributed by atoms with E-state index in [4.69, 9.17) is 23.2 Å². The van der Waals surface area contributed by atoms with Crippen LogP contribution in [0.1, 0.15) is 52.9 Å². The van der Waals surface area contributed by atoms with E-state index in [-0.39, 0.29) is 25.0 Å². The van der Waals surface area contributed by atoms with Gasteiger partial charge in [0.05, 0.1) is 12.0 Å². The van der Waals surface area contributed by atoms with E-state index in [1.54, 1.807) is 35.2 Å². The van der Waals surface area contributed by atoms with Gasteiger partial charge < -0.3 is 15.3 Å². The molecule has 0 saturated carbocycles. The lowest BCUT2D eigenvalue weighted by atomic mass is 9.78. The van der Waals surface area contributed by atoms with E-state index in [1.165, 1.54) is 0 Å². The van der Waals surface area contributed by atoms with E-state index in [1.807, 2.05) is 56.3 Å². The van der Waals surface area contributed by atoms with Crippen molar-refractivity contribution < 1.29 is 14.7 Å². The van der Waals surface area contributed by atoms with E-state index in [2.05, 4.69) is 5.32 Å². The monoisotopic (exact) mass is 524 g/mol. The molecule has 7 heteroatoms. The summed E-state index contributed by atoms with van der Waals surface area (Å²) in [6, 6.07) is 21.6. The highest BCUT2D eigenvalue weighted by Gasteiger charge is 2.46. The van der Waals surface area contributed by atoms with Gasteiger partial charge in [-0.25, -0.2) is 0 Å². The number of aliphatic hydroxyl groups excluding tert-OH is 1. The summed E-state index contributed by atoms with van der Waals surface area (Å²) in [5, 5.41) is 13.9. The lowest BCUT2D eigenvalue weighted by Crippen LogP contribution is -2.51. The minimum absolute atomic E-state index is 0.118. The Morgan fingerprint density at radius 3 is 2.39 bits per heavy atom. The molecular formula is C29H30Cl2N2O3. The average molecular weight is 525 g/mol. The second-order valence-electron chi connectivity index (χ2n) is 9.96. The molecule has 2 N–H and O–H groups in total. The van der Waals surface area contributed by atoms with Gasteiger partial charge in [-0.1, -0.05) is 91.6 Å². The van der Waals surface area contributed by atoms with Crippen LogP contribution < -0.4 is 5.32 Å². The summed E-state index contributed by atoms with van der Waals surface area (Å²) in [6.07, 6.45) is 0.688. The van der Waals surface area contributed by atoms with Crippen molar-refractivity contribution in [3.63, 3.8) is 0 Å². The molecule has 1 aliphatic rings. The van der Waals surface area contributed by atoms with Gasteiger partial charge in [-0.3, -0.25) is 9.59 Å². The molecule has 188 valence electrons. The highest BCUT2D eigenvalue weighted by molar-refractivity contribution is 6.35. The van der Waals surface area contributed by atoms with Crippen molar-refractivity contribution in [2.45, 2.75) is 32.2 Å². The van der Waals surface area contributed by atoms with E-state index in [9.17, 15) is 14.7 Å². The zero-order valence-electron chi connectivity index (χ0n) is 20.4. The number of rotatable bonds is 8. The Morgan fingerprint density at radius 1 is 1.00 bits per heavy atom. The van der Waals surface area contributed by atoms with Gasteiger partial charge >= 0.3 is 0 Å². The molecule has 0 unspecified atom stereocenters. The molecule has 5 nitrogen and oxygen atoms in total. The molecule has 0 aliphatic carbocycles. The Bertz CT molecular complexity index is 1250. The molecule has 2 atom stereocenters. The van der Waals surface area contributed by atoms with E-state index < -0.39 is 17.4 Å². The van der Waals surface area contributed by atoms with Gasteiger partial charge in [-0.2, -0.15) is 0 Å². The number of fused-ring (bicyclic) bond motifs is 1. The second-order valence-corrected chi connectivity index (χ2v) is 10.8. The molecule has 0 spiro atoms. The number of amides is 2. The number of hydrogen-bond donors (Lipinski definition) is 2. The van der Waals surface area contributed by atoms with Gasteiger partial charge in [-0.05, 0) is 41.3 Å². The molecule has 0 bridgehead atoms. The van der Waals surface area contributed by atoms with Crippen LogP contribution in [0.4, 0.5) is 0 Å². The fourth-order valence-electron chi connectivity index (χ4n) is 4.73. The van der Waals surface area contributed by atoms with Crippen molar-refractivity contribution in [1.82, 2.24) is 10.2 Å². The van der Waals surface area contributed by atoms with Crippen molar-refractivity contribution in [2.24, 2.45) is 5.41 Å². The number of aliphatic hydroxyl groups is 1. The SMILES string of the molecule is CC(C)(CO)CN1C(=O)c2ccccc2[C@@H](C(=O)NCCc2ccccc2)[C@@H]1c1ccc(Cl)cc1Cl. The fourth-order valence-corrected chi connectivity index (χ4v) is 5.25. The summed E-state index contributed by atoms with van der Waals surface area (Å²) in [4.78, 5) is 29.3. The molecule has 0 saturated heterocycles. The average Bonchev–Trinajstić information content (AvgIpc) is 2.86. The topological polar surface area (TPSA) is 69.6 Å². The van der Waals surface area contributed by atoms with Crippen LogP contribution in [0.5, 0.6) is 0 Å². The van der Waals surface area contributed by atoms with Crippen LogP contribution >= 0.6 is 23.2 Å². The van der Waals surface area contributed by atoms with Crippen LogP contribution in [0.2, 0.25) is 10.0 Å². The first kappa shape index (κ1) is 26.2. The smallest absolute Gasteiger partial charge is 0.254 e. The Kier molecular flexibility index (Phi) is 8.04. The molecule has 3 aromatic rings. The third-order valence-electron chi connectivity index (χ3n) is 6.58. The molecule has 0 radical (unpaired) electrons. The third kappa shape index (κ3) is 5.59. The van der Waals surface area contributed by atoms with Gasteiger partial charge in [-0.15, -0.1) is 0 Å². The molecule has 4 rings (SSSR count). The number of hydrogen-bond acceptors (Lipinski definition) is 3. The number of halogens is 2. The van der Waals surface area contributed by atoms with Crippen LogP contribution in [-0.4, -0.2) is 41.5 Å². The molecule has 3 aromatic carbocycles. The second kappa shape index (κ2) is 11.0. The zero-order chi connectivity index (χ0) is 25.9. The first-order valence-electron chi connectivity index (χ1n) is 12.0. The van der Waals surface area contributed by atoms with Crippen LogP contribution in [0, 0.1) is 5.41 Å². The highest BCUT2D eigenvalue weighted by Crippen LogP contribution is 2.46. The van der Waals surface area contributed by atoms with Crippen LogP contribution in [0.25, 0.3) is 0 Å². The standard InChI is InChI=1S/C29H30Cl2N2O3/c1-29(2,18-34)17-33-26(23-13-12-20(30)16-24(23)31)25(21-10-6-7-11-22(21)28(33)36)27(35)32-15-14-19-8-4-3-5-9-19/h3-13,16,25-26,34H,14-15,17-18H2,1-2H3,(H,32,35)/t25-,26+/m1/s1. The number of benzene rings is 3. The number of nitrogens with one attached hydrogen (secondary N) is 1. The van der Waals surface area contributed by atoms with E-state index in [0.717, 1.165) is 5.56 Å². The molecule has 1 aliphatic heterocycles. The number of nitrogens with zero attached hydrogens (tertiary/aromatic N) is 1. The summed E-state index contributed by atoms with van der Waals surface area (Å²) in [5.74, 6) is -1.08. The zero-order valence-corrected chi connectivity index (χ0v) is 21.9. The quantitative estimate of drug-likeness (QED) is 0.399. The fraction of sp³-hybridized carbons (Fsp3) is 0.310. The van der Waals surface area contributed by atoms with Gasteiger partial charge in [0, 0.05) is 40.7 Å². The Hall–Kier alpha value is -2.86. The highest BCUT2D eigenvalue weighted by atomic mass is 35.5. The summed E-state index contributed by atoms with van der Waals surface area (Å²) in [7, 11) is 0. The van der Waals surface area contributed by atoms with Gasteiger partial charge in [0.2, 0.25) is 5.91 Å². The molecule has 0 aromatic heterocycles. The summed E-state index contributed by atoms with van der Waals surface area (Å²) in [5.41, 5.74) is 2.32. The number of carbonyl (C=O) groups excluding carboxylic acids is 2. The van der Waals surface area contributed by atoms with Gasteiger partial charge in [0.15, 0.2) is 0 Å². The van der Waals surface area contributed by atoms with E-state index in [0.29, 0.717) is 39.7 Å². The van der Waals surface area contributed by atoms with Crippen LogP contribution in [0.15, 0.2) is 72.8 Å². The van der Waals surface area contributed by atoms with Crippen molar-refractivity contribution in [1.29, 1.82) is 0 Å². The van der Waals surface area contributed by atoms with E-state index >= 15 is 0 Å². The minimum Gasteiger partial charge on any atom is -0.396 e. The van der Waals surface area contributed by atoms with Crippen LogP contribution in [-0.2, 0) is 11.2 Å². The molecule has 1 heterocycles. The largest absolute Gasteiger partial charge is 0.396 e. The summed E-state index contributed by atoms with van der Waals surface area (Å²) >= 11 is 12.8. The lowest BCUT2D eigenvalue weighted by molar-refractivity contribution is -0.124. The molecule has 0 fully saturated rings. The first-order chi connectivity index (χ1) is 17.2. The predicted octanol–water partition coefficient (Wildman–Crippen LogP) is 5.65. The van der Waals surface area contributed by atoms with Crippen LogP contribution in [0.3, 0.4) is 0 Å². The maximum Gasteiger partial charge on any atom is 0.254 e. The third-order valence-corrected chi connectivity index (χ3v) is 7.15. The lowest BCUT2D eigenvalue weighted by Gasteiger charge is -2.44. The van der Waals surface area contributed by atoms with Crippen molar-refractivity contribution in [2.75, 3.05) is 19.7 Å². The van der Waals surface area contributed by atoms with Gasteiger partial charge in [0.25, 0.3) is 5.91 Å². The minimum atomic E-state index is -0.692. The Balaban J connectivity index is 1.77. The van der Waals surface area contributed by atoms with Gasteiger partial charge in [0.1, 0.15) is 0 Å². The summed E-state index contributed by atoms with van der Waals surface area (Å²) in [6.45, 7) is 4.35. The number of carbonyl (C=O) groups is 2. The maximum absolute atomic E-state index is 13.8. The van der Waals surface area contributed by atoms with Crippen molar-refractivity contribution in [3.8, 4) is 0 Å².